The maximum atomic E-state index is 9.36. The molecule has 0 amide bonds. The zero-order chi connectivity index (χ0) is 18.1. The molecule has 2 atom stereocenters. The molecule has 0 saturated carbocycles. The Morgan fingerprint density at radius 3 is 3.08 bits per heavy atom. The Kier molecular flexibility index (Phi) is 4.26. The first-order valence-electron chi connectivity index (χ1n) is 8.38. The highest BCUT2D eigenvalue weighted by Crippen LogP contribution is 2.36. The molecule has 1 saturated heterocycles. The fourth-order valence-electron chi connectivity index (χ4n) is 3.04. The Bertz CT molecular complexity index is 978. The van der Waals surface area contributed by atoms with Crippen LogP contribution in [0.15, 0.2) is 24.7 Å². The third-order valence-corrected chi connectivity index (χ3v) is 5.76. The summed E-state index contributed by atoms with van der Waals surface area (Å²) in [5.74, 6) is 2.13. The molecule has 1 aliphatic heterocycles. The SMILES string of the molecule is CC1CCN(c2nc3ccnc(Nc4cc(N)ncn4)c3s2)CC1C#N. The summed E-state index contributed by atoms with van der Waals surface area (Å²) < 4.78 is 0.951. The van der Waals surface area contributed by atoms with Crippen molar-refractivity contribution < 1.29 is 0 Å². The quantitative estimate of drug-likeness (QED) is 0.727. The van der Waals surface area contributed by atoms with Crippen LogP contribution in [0.1, 0.15) is 13.3 Å². The molecular formula is C17H18N8S. The van der Waals surface area contributed by atoms with Gasteiger partial charge in [-0.1, -0.05) is 18.3 Å². The van der Waals surface area contributed by atoms with Crippen molar-refractivity contribution in [3.8, 4) is 6.07 Å². The summed E-state index contributed by atoms with van der Waals surface area (Å²) in [6, 6.07) is 5.97. The summed E-state index contributed by atoms with van der Waals surface area (Å²) in [5.41, 5.74) is 6.58. The molecule has 3 aromatic rings. The summed E-state index contributed by atoms with van der Waals surface area (Å²) in [6.45, 7) is 3.77. The Hall–Kier alpha value is -2.99. The summed E-state index contributed by atoms with van der Waals surface area (Å²) in [7, 11) is 0. The number of hydrogen-bond acceptors (Lipinski definition) is 9. The Morgan fingerprint density at radius 1 is 1.38 bits per heavy atom. The van der Waals surface area contributed by atoms with Gasteiger partial charge in [0.25, 0.3) is 0 Å². The number of aromatic nitrogens is 4. The van der Waals surface area contributed by atoms with E-state index >= 15 is 0 Å². The van der Waals surface area contributed by atoms with Crippen molar-refractivity contribution in [1.29, 1.82) is 5.26 Å². The number of pyridine rings is 1. The fraction of sp³-hybridized carbons (Fsp3) is 0.353. The molecule has 9 heteroatoms. The van der Waals surface area contributed by atoms with E-state index < -0.39 is 0 Å². The van der Waals surface area contributed by atoms with Gasteiger partial charge in [0.05, 0.1) is 22.2 Å². The number of nitrogens with one attached hydrogen (secondary N) is 1. The number of nitrogens with two attached hydrogens (primary N) is 1. The van der Waals surface area contributed by atoms with Crippen molar-refractivity contribution in [2.24, 2.45) is 11.8 Å². The molecule has 4 heterocycles. The molecule has 132 valence electrons. The molecule has 0 radical (unpaired) electrons. The Balaban J connectivity index is 1.64. The molecule has 0 aromatic carbocycles. The second-order valence-electron chi connectivity index (χ2n) is 6.40. The topological polar surface area (TPSA) is 117 Å². The van der Waals surface area contributed by atoms with Gasteiger partial charge in [0.1, 0.15) is 18.0 Å². The number of piperidine rings is 1. The minimum Gasteiger partial charge on any atom is -0.384 e. The molecule has 3 aromatic heterocycles. The standard InChI is InChI=1S/C17H18N8S/c1-10-3-5-25(8-11(10)7-18)17-23-12-2-4-20-16(15(12)26-17)24-14-6-13(19)21-9-22-14/h2,4,6,9-11H,3,5,8H2,1H3,(H3,19,20,21,22,24). The molecule has 0 aliphatic carbocycles. The van der Waals surface area contributed by atoms with E-state index in [0.717, 1.165) is 34.9 Å². The van der Waals surface area contributed by atoms with E-state index in [-0.39, 0.29) is 5.92 Å². The number of anilines is 4. The smallest absolute Gasteiger partial charge is 0.186 e. The van der Waals surface area contributed by atoms with Crippen LogP contribution in [-0.4, -0.2) is 33.0 Å². The molecule has 26 heavy (non-hydrogen) atoms. The van der Waals surface area contributed by atoms with Crippen molar-refractivity contribution in [3.63, 3.8) is 0 Å². The second-order valence-corrected chi connectivity index (χ2v) is 7.38. The molecule has 3 N–H and O–H groups in total. The fourth-order valence-corrected chi connectivity index (χ4v) is 4.08. The first-order chi connectivity index (χ1) is 12.6. The largest absolute Gasteiger partial charge is 0.384 e. The molecule has 2 unspecified atom stereocenters. The number of thiazole rings is 1. The predicted octanol–water partition coefficient (Wildman–Crippen LogP) is 2.79. The van der Waals surface area contributed by atoms with Gasteiger partial charge in [0.2, 0.25) is 0 Å². The van der Waals surface area contributed by atoms with Gasteiger partial charge in [-0.3, -0.25) is 0 Å². The van der Waals surface area contributed by atoms with Crippen molar-refractivity contribution in [2.45, 2.75) is 13.3 Å². The molecule has 4 rings (SSSR count). The third kappa shape index (κ3) is 3.11. The van der Waals surface area contributed by atoms with Crippen LogP contribution in [0.4, 0.5) is 22.6 Å². The second kappa shape index (κ2) is 6.72. The van der Waals surface area contributed by atoms with Gasteiger partial charge in [-0.05, 0) is 18.4 Å². The van der Waals surface area contributed by atoms with E-state index in [1.807, 2.05) is 6.07 Å². The van der Waals surface area contributed by atoms with Crippen LogP contribution in [-0.2, 0) is 0 Å². The molecule has 0 spiro atoms. The van der Waals surface area contributed by atoms with Crippen LogP contribution < -0.4 is 16.0 Å². The van der Waals surface area contributed by atoms with Crippen LogP contribution in [0.3, 0.4) is 0 Å². The van der Waals surface area contributed by atoms with Gasteiger partial charge >= 0.3 is 0 Å². The maximum Gasteiger partial charge on any atom is 0.186 e. The van der Waals surface area contributed by atoms with Gasteiger partial charge in [0.15, 0.2) is 10.9 Å². The molecular weight excluding hydrogens is 348 g/mol. The number of nitrogen functional groups attached to an aromatic ring is 1. The zero-order valence-electron chi connectivity index (χ0n) is 14.3. The van der Waals surface area contributed by atoms with Gasteiger partial charge < -0.3 is 16.0 Å². The Morgan fingerprint density at radius 2 is 2.27 bits per heavy atom. The van der Waals surface area contributed by atoms with Crippen LogP contribution in [0.25, 0.3) is 10.2 Å². The van der Waals surface area contributed by atoms with Crippen molar-refractivity contribution >= 4 is 44.1 Å². The molecule has 1 fully saturated rings. The lowest BCUT2D eigenvalue weighted by Gasteiger charge is -2.33. The average molecular weight is 366 g/mol. The first kappa shape index (κ1) is 16.5. The van der Waals surface area contributed by atoms with Crippen LogP contribution in [0.5, 0.6) is 0 Å². The van der Waals surface area contributed by atoms with Gasteiger partial charge in [0, 0.05) is 25.4 Å². The highest BCUT2D eigenvalue weighted by atomic mass is 32.1. The van der Waals surface area contributed by atoms with Gasteiger partial charge in [-0.25, -0.2) is 19.9 Å². The minimum absolute atomic E-state index is 0.0375. The highest BCUT2D eigenvalue weighted by molar-refractivity contribution is 7.22. The maximum absolute atomic E-state index is 9.36. The van der Waals surface area contributed by atoms with Crippen LogP contribution in [0, 0.1) is 23.2 Å². The molecule has 8 nitrogen and oxygen atoms in total. The third-order valence-electron chi connectivity index (χ3n) is 4.62. The van der Waals surface area contributed by atoms with Crippen LogP contribution in [0.2, 0.25) is 0 Å². The number of fused-ring (bicyclic) bond motifs is 1. The number of nitriles is 1. The number of rotatable bonds is 3. The lowest BCUT2D eigenvalue weighted by Crippen LogP contribution is -2.38. The summed E-state index contributed by atoms with van der Waals surface area (Å²) in [4.78, 5) is 19.4. The van der Waals surface area contributed by atoms with Crippen molar-refractivity contribution in [3.05, 3.63) is 24.7 Å². The van der Waals surface area contributed by atoms with Gasteiger partial charge in [-0.15, -0.1) is 0 Å². The monoisotopic (exact) mass is 366 g/mol. The van der Waals surface area contributed by atoms with E-state index in [0.29, 0.717) is 23.4 Å². The zero-order valence-corrected chi connectivity index (χ0v) is 15.1. The lowest BCUT2D eigenvalue weighted by atomic mass is 9.88. The van der Waals surface area contributed by atoms with Gasteiger partial charge in [-0.2, -0.15) is 5.26 Å². The van der Waals surface area contributed by atoms with E-state index in [9.17, 15) is 5.26 Å². The van der Waals surface area contributed by atoms with E-state index in [1.54, 1.807) is 23.6 Å². The summed E-state index contributed by atoms with van der Waals surface area (Å²) in [6.07, 6.45) is 4.12. The van der Waals surface area contributed by atoms with E-state index in [1.165, 1.54) is 6.33 Å². The average Bonchev–Trinajstić information content (AvgIpc) is 3.07. The van der Waals surface area contributed by atoms with E-state index in [4.69, 9.17) is 10.7 Å². The predicted molar refractivity (Wildman–Crippen MR) is 102 cm³/mol. The van der Waals surface area contributed by atoms with Crippen LogP contribution >= 0.6 is 11.3 Å². The molecule has 0 bridgehead atoms. The normalized spacial score (nSPS) is 20.1. The lowest BCUT2D eigenvalue weighted by molar-refractivity contribution is 0.363. The minimum atomic E-state index is 0.0375. The first-order valence-corrected chi connectivity index (χ1v) is 9.20. The number of hydrogen-bond donors (Lipinski definition) is 2. The highest BCUT2D eigenvalue weighted by Gasteiger charge is 2.28. The summed E-state index contributed by atoms with van der Waals surface area (Å²) >= 11 is 1.57. The summed E-state index contributed by atoms with van der Waals surface area (Å²) in [5, 5.41) is 13.5. The van der Waals surface area contributed by atoms with E-state index in [2.05, 4.69) is 38.2 Å². The van der Waals surface area contributed by atoms with Crippen molar-refractivity contribution in [1.82, 2.24) is 19.9 Å². The Labute approximate surface area is 154 Å². The number of nitrogens with zero attached hydrogens (tertiary/aromatic N) is 6. The molecule has 1 aliphatic rings. The van der Waals surface area contributed by atoms with Crippen molar-refractivity contribution in [2.75, 3.05) is 29.0 Å².